The minimum atomic E-state index is -4.85. The number of aromatic hydroxyl groups is 1. The molecule has 2 aromatic carbocycles. The van der Waals surface area contributed by atoms with Crippen LogP contribution in [0.25, 0.3) is 0 Å². The Bertz CT molecular complexity index is 717. The summed E-state index contributed by atoms with van der Waals surface area (Å²) in [5.74, 6) is -0.114. The molecule has 0 radical (unpaired) electrons. The topological polar surface area (TPSA) is 66.6 Å². The first-order valence-electron chi connectivity index (χ1n) is 6.09. The summed E-state index contributed by atoms with van der Waals surface area (Å²) in [6.45, 7) is 0. The average molecular weight is 312 g/mol. The molecule has 22 heavy (non-hydrogen) atoms. The smallest absolute Gasteiger partial charge is 0.423 e. The van der Waals surface area contributed by atoms with E-state index in [2.05, 4.69) is 0 Å². The van der Waals surface area contributed by atoms with Crippen molar-refractivity contribution in [2.45, 2.75) is 6.18 Å². The number of halogens is 3. The van der Waals surface area contributed by atoms with E-state index in [-0.39, 0.29) is 17.1 Å². The molecule has 5 nitrogen and oxygen atoms in total. The molecule has 0 amide bonds. The summed E-state index contributed by atoms with van der Waals surface area (Å²) in [5.41, 5.74) is -2.00. The molecule has 0 saturated heterocycles. The Morgan fingerprint density at radius 2 is 1.82 bits per heavy atom. The maximum atomic E-state index is 13.0. The summed E-state index contributed by atoms with van der Waals surface area (Å²) in [5, 5.41) is 20.5. The third kappa shape index (κ3) is 2.95. The van der Waals surface area contributed by atoms with Gasteiger partial charge < -0.3 is 10.0 Å². The number of nitrogens with zero attached hydrogens (tertiary/aromatic N) is 2. The summed E-state index contributed by atoms with van der Waals surface area (Å²) in [6, 6.07) is 8.77. The lowest BCUT2D eigenvalue weighted by Crippen LogP contribution is -2.13. The predicted molar refractivity (Wildman–Crippen MR) is 74.3 cm³/mol. The van der Waals surface area contributed by atoms with Gasteiger partial charge in [0.15, 0.2) is 0 Å². The first-order chi connectivity index (χ1) is 10.2. The zero-order chi connectivity index (χ0) is 16.5. The number of alkyl halides is 3. The molecule has 8 heteroatoms. The van der Waals surface area contributed by atoms with Crippen molar-refractivity contribution in [3.63, 3.8) is 0 Å². The highest BCUT2D eigenvalue weighted by Crippen LogP contribution is 2.40. The molecule has 0 unspecified atom stereocenters. The van der Waals surface area contributed by atoms with Crippen molar-refractivity contribution in [1.29, 1.82) is 0 Å². The first kappa shape index (κ1) is 15.6. The van der Waals surface area contributed by atoms with Crippen molar-refractivity contribution in [2.75, 3.05) is 11.9 Å². The van der Waals surface area contributed by atoms with Crippen LogP contribution in [0.1, 0.15) is 5.56 Å². The van der Waals surface area contributed by atoms with Crippen molar-refractivity contribution in [1.82, 2.24) is 0 Å². The Kier molecular flexibility index (Phi) is 3.94. The van der Waals surface area contributed by atoms with Crippen LogP contribution in [-0.4, -0.2) is 17.1 Å². The van der Waals surface area contributed by atoms with Crippen LogP contribution >= 0.6 is 0 Å². The molecule has 0 aliphatic rings. The molecule has 2 aromatic rings. The van der Waals surface area contributed by atoms with E-state index in [9.17, 15) is 28.4 Å². The van der Waals surface area contributed by atoms with E-state index in [1.54, 1.807) is 12.1 Å². The summed E-state index contributed by atoms with van der Waals surface area (Å²) in [7, 11) is 1.45. The molecule has 0 spiro atoms. The van der Waals surface area contributed by atoms with Crippen molar-refractivity contribution < 1.29 is 23.2 Å². The number of nitro groups is 1. The molecule has 2 rings (SSSR count). The molecule has 0 atom stereocenters. The third-order valence-corrected chi connectivity index (χ3v) is 3.11. The van der Waals surface area contributed by atoms with Crippen molar-refractivity contribution in [3.8, 4) is 5.75 Å². The fraction of sp³-hybridized carbons (Fsp3) is 0.143. The van der Waals surface area contributed by atoms with Crippen LogP contribution in [0.5, 0.6) is 5.75 Å². The molecular formula is C14H11F3N2O3. The quantitative estimate of drug-likeness (QED) is 0.685. The molecule has 0 heterocycles. The highest BCUT2D eigenvalue weighted by molar-refractivity contribution is 5.70. The van der Waals surface area contributed by atoms with Gasteiger partial charge in [0.2, 0.25) is 0 Å². The van der Waals surface area contributed by atoms with Crippen LogP contribution in [0.4, 0.5) is 30.2 Å². The van der Waals surface area contributed by atoms with Gasteiger partial charge in [0.25, 0.3) is 5.69 Å². The van der Waals surface area contributed by atoms with E-state index in [0.717, 1.165) is 6.07 Å². The lowest BCUT2D eigenvalue weighted by atomic mass is 10.1. The number of phenols is 1. The van der Waals surface area contributed by atoms with Gasteiger partial charge >= 0.3 is 6.18 Å². The van der Waals surface area contributed by atoms with E-state index in [1.165, 1.54) is 30.1 Å². The number of hydrogen-bond donors (Lipinski definition) is 1. The number of anilines is 2. The second-order valence-electron chi connectivity index (χ2n) is 4.50. The average Bonchev–Trinajstić information content (AvgIpc) is 2.45. The van der Waals surface area contributed by atoms with E-state index in [1.807, 2.05) is 0 Å². The molecule has 0 aliphatic heterocycles. The molecule has 0 aliphatic carbocycles. The van der Waals surface area contributed by atoms with E-state index in [4.69, 9.17) is 0 Å². The van der Waals surface area contributed by atoms with Gasteiger partial charge in [-0.05, 0) is 24.3 Å². The van der Waals surface area contributed by atoms with Gasteiger partial charge in [-0.1, -0.05) is 12.1 Å². The van der Waals surface area contributed by atoms with Gasteiger partial charge in [0.05, 0.1) is 10.6 Å². The van der Waals surface area contributed by atoms with Gasteiger partial charge in [0.1, 0.15) is 11.3 Å². The molecule has 0 bridgehead atoms. The van der Waals surface area contributed by atoms with E-state index >= 15 is 0 Å². The van der Waals surface area contributed by atoms with Crippen LogP contribution in [-0.2, 0) is 6.18 Å². The molecule has 1 N–H and O–H groups in total. The normalized spacial score (nSPS) is 11.3. The zero-order valence-corrected chi connectivity index (χ0v) is 11.3. The minimum absolute atomic E-state index is 0.0689. The predicted octanol–water partition coefficient (Wildman–Crippen LogP) is 4.09. The molecular weight excluding hydrogens is 301 g/mol. The highest BCUT2D eigenvalue weighted by Gasteiger charge is 2.38. The molecule has 0 fully saturated rings. The first-order valence-corrected chi connectivity index (χ1v) is 6.09. The number of phenolic OH excluding ortho intramolecular Hbond substituents is 1. The second kappa shape index (κ2) is 5.55. The zero-order valence-electron chi connectivity index (χ0n) is 11.3. The Balaban J connectivity index is 2.54. The monoisotopic (exact) mass is 312 g/mol. The minimum Gasteiger partial charge on any atom is -0.506 e. The van der Waals surface area contributed by atoms with Crippen LogP contribution in [0.3, 0.4) is 0 Å². The number of nitro benzene ring substituents is 1. The summed E-state index contributed by atoms with van der Waals surface area (Å²) in [6.07, 6.45) is -4.85. The molecule has 116 valence electrons. The molecule has 0 saturated carbocycles. The fourth-order valence-electron chi connectivity index (χ4n) is 2.01. The Morgan fingerprint density at radius 1 is 1.18 bits per heavy atom. The third-order valence-electron chi connectivity index (χ3n) is 3.11. The van der Waals surface area contributed by atoms with Gasteiger partial charge in [0, 0.05) is 18.8 Å². The van der Waals surface area contributed by atoms with Gasteiger partial charge in [-0.3, -0.25) is 10.1 Å². The van der Waals surface area contributed by atoms with E-state index < -0.39 is 22.4 Å². The summed E-state index contributed by atoms with van der Waals surface area (Å²) < 4.78 is 38.9. The summed E-state index contributed by atoms with van der Waals surface area (Å²) in [4.78, 5) is 11.0. The number of rotatable bonds is 3. The van der Waals surface area contributed by atoms with Crippen LogP contribution in [0.15, 0.2) is 42.5 Å². The lowest BCUT2D eigenvalue weighted by Gasteiger charge is -2.21. The SMILES string of the molecule is CN(c1ccc([N+](=O)[O-])c(C(F)(F)F)c1)c1ccccc1O. The van der Waals surface area contributed by atoms with Gasteiger partial charge in [-0.2, -0.15) is 13.2 Å². The van der Waals surface area contributed by atoms with Gasteiger partial charge in [-0.15, -0.1) is 0 Å². The molecule has 0 aromatic heterocycles. The Hall–Kier alpha value is -2.77. The Morgan fingerprint density at radius 3 is 2.36 bits per heavy atom. The van der Waals surface area contributed by atoms with Crippen molar-refractivity contribution in [3.05, 3.63) is 58.1 Å². The lowest BCUT2D eigenvalue weighted by molar-refractivity contribution is -0.388. The number of benzene rings is 2. The highest BCUT2D eigenvalue weighted by atomic mass is 19.4. The number of hydrogen-bond acceptors (Lipinski definition) is 4. The van der Waals surface area contributed by atoms with Crippen LogP contribution in [0, 0.1) is 10.1 Å². The Labute approximate surface area is 123 Å². The second-order valence-corrected chi connectivity index (χ2v) is 4.50. The van der Waals surface area contributed by atoms with Crippen LogP contribution in [0.2, 0.25) is 0 Å². The fourth-order valence-corrected chi connectivity index (χ4v) is 2.01. The van der Waals surface area contributed by atoms with E-state index in [0.29, 0.717) is 6.07 Å². The number of para-hydroxylation sites is 2. The van der Waals surface area contributed by atoms with Gasteiger partial charge in [-0.25, -0.2) is 0 Å². The standard InChI is InChI=1S/C14H11F3N2O3/c1-18(12-4-2-3-5-13(12)20)9-6-7-11(19(21)22)10(8-9)14(15,16)17/h2-8,20H,1H3. The van der Waals surface area contributed by atoms with Crippen molar-refractivity contribution in [2.24, 2.45) is 0 Å². The van der Waals surface area contributed by atoms with Crippen LogP contribution < -0.4 is 4.90 Å². The largest absolute Gasteiger partial charge is 0.506 e. The maximum Gasteiger partial charge on any atom is 0.423 e. The van der Waals surface area contributed by atoms with Crippen molar-refractivity contribution >= 4 is 17.1 Å². The summed E-state index contributed by atoms with van der Waals surface area (Å²) >= 11 is 0. The maximum absolute atomic E-state index is 13.0.